The number of pyridine rings is 1. The molecular formula is C27H25N7O2. The molecule has 0 spiro atoms. The lowest BCUT2D eigenvalue weighted by Gasteiger charge is -2.21. The average molecular weight is 480 g/mol. The van der Waals surface area contributed by atoms with Crippen molar-refractivity contribution in [3.63, 3.8) is 0 Å². The van der Waals surface area contributed by atoms with Gasteiger partial charge in [0.25, 0.3) is 11.8 Å². The van der Waals surface area contributed by atoms with Crippen molar-refractivity contribution in [2.45, 2.75) is 25.8 Å². The number of likely N-dealkylation sites (tertiary alicyclic amines) is 1. The Morgan fingerprint density at radius 3 is 2.64 bits per heavy atom. The fourth-order valence-corrected chi connectivity index (χ4v) is 4.60. The van der Waals surface area contributed by atoms with Gasteiger partial charge in [-0.05, 0) is 50.0 Å². The summed E-state index contributed by atoms with van der Waals surface area (Å²) in [6.45, 7) is 2.28. The van der Waals surface area contributed by atoms with E-state index in [2.05, 4.69) is 21.8 Å². The van der Waals surface area contributed by atoms with Gasteiger partial charge in [0, 0.05) is 43.3 Å². The van der Waals surface area contributed by atoms with Gasteiger partial charge in [0.1, 0.15) is 28.7 Å². The standard InChI is InChI=1S/C27H25N7O2/c1-3-7-22(35)33-16-6-8-20(33)26-31-23(24-25(28)30-15-17-34(24)26)18-10-12-19(13-11-18)27(36)32(2)21-9-4-5-14-29-21/h4-5,9-15,17,20H,6,8,16H2,1-2H3,(H2,28,30)/t20-/m0/s1. The number of hydrogen-bond donors (Lipinski definition) is 1. The molecule has 0 aliphatic carbocycles. The number of fused-ring (bicyclic) bond motifs is 1. The van der Waals surface area contributed by atoms with Crippen LogP contribution in [0.15, 0.2) is 61.1 Å². The van der Waals surface area contributed by atoms with Crippen LogP contribution >= 0.6 is 0 Å². The molecule has 1 aliphatic heterocycles. The summed E-state index contributed by atoms with van der Waals surface area (Å²) in [4.78, 5) is 42.3. The summed E-state index contributed by atoms with van der Waals surface area (Å²) in [5, 5.41) is 0. The summed E-state index contributed by atoms with van der Waals surface area (Å²) in [6.07, 6.45) is 6.73. The fourth-order valence-electron chi connectivity index (χ4n) is 4.60. The molecule has 0 saturated carbocycles. The molecule has 5 rings (SSSR count). The zero-order chi connectivity index (χ0) is 25.2. The number of nitrogens with two attached hydrogens (primary N) is 1. The molecule has 3 aromatic heterocycles. The third-order valence-corrected chi connectivity index (χ3v) is 6.36. The Labute approximate surface area is 208 Å². The van der Waals surface area contributed by atoms with E-state index in [-0.39, 0.29) is 17.9 Å². The molecular weight excluding hydrogens is 454 g/mol. The quantitative estimate of drug-likeness (QED) is 0.450. The van der Waals surface area contributed by atoms with Crippen molar-refractivity contribution in [2.75, 3.05) is 24.2 Å². The van der Waals surface area contributed by atoms with Crippen molar-refractivity contribution in [3.8, 4) is 23.1 Å². The van der Waals surface area contributed by atoms with Gasteiger partial charge in [0.15, 0.2) is 0 Å². The fraction of sp³-hybridized carbons (Fsp3) is 0.222. The normalized spacial score (nSPS) is 14.9. The van der Waals surface area contributed by atoms with E-state index in [0.717, 1.165) is 18.4 Å². The maximum atomic E-state index is 13.0. The lowest BCUT2D eigenvalue weighted by atomic mass is 10.1. The molecule has 4 aromatic rings. The second-order valence-electron chi connectivity index (χ2n) is 8.51. The average Bonchev–Trinajstić information content (AvgIpc) is 3.54. The van der Waals surface area contributed by atoms with Gasteiger partial charge in [0.05, 0.1) is 6.04 Å². The number of carbonyl (C=O) groups is 2. The number of anilines is 2. The molecule has 4 heterocycles. The molecule has 0 bridgehead atoms. The number of carbonyl (C=O) groups excluding carboxylic acids is 2. The molecule has 1 saturated heterocycles. The van der Waals surface area contributed by atoms with Crippen LogP contribution in [-0.4, -0.2) is 49.7 Å². The van der Waals surface area contributed by atoms with Crippen LogP contribution in [-0.2, 0) is 4.79 Å². The number of benzene rings is 1. The first-order valence-electron chi connectivity index (χ1n) is 11.6. The molecule has 9 heteroatoms. The Kier molecular flexibility index (Phi) is 6.09. The van der Waals surface area contributed by atoms with Gasteiger partial charge in [0.2, 0.25) is 0 Å². The van der Waals surface area contributed by atoms with Crippen molar-refractivity contribution in [2.24, 2.45) is 0 Å². The summed E-state index contributed by atoms with van der Waals surface area (Å²) >= 11 is 0. The van der Waals surface area contributed by atoms with Gasteiger partial charge in [-0.1, -0.05) is 24.1 Å². The molecule has 0 unspecified atom stereocenters. The molecule has 9 nitrogen and oxygen atoms in total. The lowest BCUT2D eigenvalue weighted by molar-refractivity contribution is -0.126. The Balaban J connectivity index is 1.52. The van der Waals surface area contributed by atoms with Crippen LogP contribution in [0.4, 0.5) is 11.6 Å². The summed E-state index contributed by atoms with van der Waals surface area (Å²) < 4.78 is 1.90. The summed E-state index contributed by atoms with van der Waals surface area (Å²) in [5.74, 6) is 6.58. The van der Waals surface area contributed by atoms with Crippen molar-refractivity contribution in [1.82, 2.24) is 24.3 Å². The monoisotopic (exact) mass is 479 g/mol. The van der Waals surface area contributed by atoms with E-state index >= 15 is 0 Å². The van der Waals surface area contributed by atoms with E-state index in [9.17, 15) is 9.59 Å². The third-order valence-electron chi connectivity index (χ3n) is 6.36. The van der Waals surface area contributed by atoms with Crippen molar-refractivity contribution < 1.29 is 9.59 Å². The molecule has 180 valence electrons. The SMILES string of the molecule is CC#CC(=O)N1CCC[C@H]1c1nc(-c2ccc(C(=O)N(C)c3ccccn3)cc2)c2c(N)nccn12. The van der Waals surface area contributed by atoms with E-state index in [0.29, 0.717) is 40.8 Å². The zero-order valence-electron chi connectivity index (χ0n) is 20.0. The first-order chi connectivity index (χ1) is 17.5. The summed E-state index contributed by atoms with van der Waals surface area (Å²) in [7, 11) is 1.69. The number of amides is 2. The number of imidazole rings is 1. The van der Waals surface area contributed by atoms with E-state index in [1.807, 2.05) is 28.8 Å². The van der Waals surface area contributed by atoms with Crippen LogP contribution in [0.5, 0.6) is 0 Å². The highest BCUT2D eigenvalue weighted by atomic mass is 16.2. The minimum atomic E-state index is -0.214. The predicted octanol–water partition coefficient (Wildman–Crippen LogP) is 3.34. The lowest BCUT2D eigenvalue weighted by Crippen LogP contribution is -2.30. The first-order valence-corrected chi connectivity index (χ1v) is 11.6. The number of aromatic nitrogens is 4. The topological polar surface area (TPSA) is 110 Å². The van der Waals surface area contributed by atoms with Crippen molar-refractivity contribution in [3.05, 3.63) is 72.4 Å². The van der Waals surface area contributed by atoms with Crippen LogP contribution in [0.1, 0.15) is 42.0 Å². The van der Waals surface area contributed by atoms with Gasteiger partial charge in [-0.2, -0.15) is 0 Å². The van der Waals surface area contributed by atoms with E-state index in [1.54, 1.807) is 55.5 Å². The Hall–Kier alpha value is -4.71. The predicted molar refractivity (Wildman–Crippen MR) is 137 cm³/mol. The number of rotatable bonds is 4. The molecule has 0 radical (unpaired) electrons. The highest BCUT2D eigenvalue weighted by Gasteiger charge is 2.33. The molecule has 1 aliphatic rings. The molecule has 2 amide bonds. The highest BCUT2D eigenvalue weighted by molar-refractivity contribution is 6.05. The van der Waals surface area contributed by atoms with Gasteiger partial charge < -0.3 is 10.6 Å². The zero-order valence-corrected chi connectivity index (χ0v) is 20.0. The maximum Gasteiger partial charge on any atom is 0.299 e. The second-order valence-corrected chi connectivity index (χ2v) is 8.51. The molecule has 2 N–H and O–H groups in total. The van der Waals surface area contributed by atoms with Crippen LogP contribution in [0.3, 0.4) is 0 Å². The highest BCUT2D eigenvalue weighted by Crippen LogP contribution is 2.36. The Bertz CT molecular complexity index is 1500. The van der Waals surface area contributed by atoms with Crippen LogP contribution in [0.25, 0.3) is 16.8 Å². The minimum Gasteiger partial charge on any atom is -0.382 e. The molecule has 36 heavy (non-hydrogen) atoms. The van der Waals surface area contributed by atoms with E-state index in [4.69, 9.17) is 10.7 Å². The van der Waals surface area contributed by atoms with Gasteiger partial charge in [-0.3, -0.25) is 18.9 Å². The van der Waals surface area contributed by atoms with E-state index in [1.165, 1.54) is 4.90 Å². The van der Waals surface area contributed by atoms with E-state index < -0.39 is 0 Å². The van der Waals surface area contributed by atoms with Crippen LogP contribution in [0, 0.1) is 11.8 Å². The van der Waals surface area contributed by atoms with Gasteiger partial charge >= 0.3 is 0 Å². The Morgan fingerprint density at radius 2 is 1.92 bits per heavy atom. The summed E-state index contributed by atoms with van der Waals surface area (Å²) in [6, 6.07) is 12.4. The number of nitrogens with zero attached hydrogens (tertiary/aromatic N) is 6. The summed E-state index contributed by atoms with van der Waals surface area (Å²) in [5.41, 5.74) is 8.91. The number of nitrogen functional groups attached to an aromatic ring is 1. The number of hydrogen-bond acceptors (Lipinski definition) is 6. The maximum absolute atomic E-state index is 13.0. The Morgan fingerprint density at radius 1 is 1.11 bits per heavy atom. The molecule has 1 fully saturated rings. The van der Waals surface area contributed by atoms with Crippen molar-refractivity contribution >= 4 is 29.0 Å². The smallest absolute Gasteiger partial charge is 0.299 e. The van der Waals surface area contributed by atoms with Gasteiger partial charge in [-0.15, -0.1) is 0 Å². The van der Waals surface area contributed by atoms with Gasteiger partial charge in [-0.25, -0.2) is 15.0 Å². The van der Waals surface area contributed by atoms with Crippen LogP contribution < -0.4 is 10.6 Å². The third kappa shape index (κ3) is 4.03. The van der Waals surface area contributed by atoms with Crippen molar-refractivity contribution in [1.29, 1.82) is 0 Å². The first kappa shape index (κ1) is 23.1. The van der Waals surface area contributed by atoms with Crippen LogP contribution in [0.2, 0.25) is 0 Å². The molecule has 1 atom stereocenters. The largest absolute Gasteiger partial charge is 0.382 e. The second kappa shape index (κ2) is 9.50. The minimum absolute atomic E-state index is 0.172. The molecule has 1 aromatic carbocycles.